The first-order valence-electron chi connectivity index (χ1n) is 4.68. The van der Waals surface area contributed by atoms with E-state index in [1.807, 2.05) is 13.0 Å². The van der Waals surface area contributed by atoms with Crippen molar-refractivity contribution < 1.29 is 9.90 Å². The van der Waals surface area contributed by atoms with Gasteiger partial charge in [0.25, 0.3) is 0 Å². The van der Waals surface area contributed by atoms with E-state index in [4.69, 9.17) is 5.11 Å². The van der Waals surface area contributed by atoms with Crippen molar-refractivity contribution in [3.63, 3.8) is 0 Å². The molecule has 2 heterocycles. The predicted molar refractivity (Wildman–Crippen MR) is 54.8 cm³/mol. The molecule has 0 radical (unpaired) electrons. The molecule has 0 unspecified atom stereocenters. The minimum atomic E-state index is -1.04. The number of aromatic nitrogens is 3. The third-order valence-corrected chi connectivity index (χ3v) is 2.36. The average molecular weight is 205 g/mol. The molecule has 5 nitrogen and oxygen atoms in total. The third-order valence-electron chi connectivity index (χ3n) is 2.36. The van der Waals surface area contributed by atoms with Gasteiger partial charge in [-0.1, -0.05) is 6.92 Å². The number of fused-ring (bicyclic) bond motifs is 1. The number of aromatic carboxylic acids is 1. The smallest absolute Gasteiger partial charge is 0.358 e. The first kappa shape index (κ1) is 9.64. The van der Waals surface area contributed by atoms with E-state index >= 15 is 0 Å². The lowest BCUT2D eigenvalue weighted by molar-refractivity contribution is 0.0691. The molecule has 0 atom stereocenters. The molecule has 1 N–H and O–H groups in total. The van der Waals surface area contributed by atoms with Gasteiger partial charge in [-0.15, -0.1) is 0 Å². The first-order chi connectivity index (χ1) is 7.13. The Balaban J connectivity index is 2.75. The summed E-state index contributed by atoms with van der Waals surface area (Å²) in [5.41, 5.74) is 2.28. The number of carboxylic acids is 1. The van der Waals surface area contributed by atoms with E-state index in [1.54, 1.807) is 17.9 Å². The van der Waals surface area contributed by atoms with Crippen LogP contribution in [0.5, 0.6) is 0 Å². The summed E-state index contributed by atoms with van der Waals surface area (Å²) in [4.78, 5) is 15.0. The fraction of sp³-hybridized carbons (Fsp3) is 0.300. The Kier molecular flexibility index (Phi) is 2.15. The molecule has 0 aromatic carbocycles. The number of carbonyl (C=O) groups is 1. The summed E-state index contributed by atoms with van der Waals surface area (Å²) >= 11 is 0. The Hall–Kier alpha value is -1.91. The van der Waals surface area contributed by atoms with Crippen molar-refractivity contribution in [1.82, 2.24) is 14.8 Å². The van der Waals surface area contributed by atoms with Crippen LogP contribution in [-0.4, -0.2) is 25.8 Å². The van der Waals surface area contributed by atoms with E-state index in [2.05, 4.69) is 10.1 Å². The highest BCUT2D eigenvalue weighted by Gasteiger charge is 2.15. The zero-order valence-corrected chi connectivity index (χ0v) is 8.56. The van der Waals surface area contributed by atoms with Gasteiger partial charge < -0.3 is 5.11 Å². The van der Waals surface area contributed by atoms with E-state index < -0.39 is 5.97 Å². The van der Waals surface area contributed by atoms with E-state index in [-0.39, 0.29) is 5.69 Å². The Morgan fingerprint density at radius 2 is 2.33 bits per heavy atom. The number of pyridine rings is 1. The molecule has 2 rings (SSSR count). The lowest BCUT2D eigenvalue weighted by Gasteiger charge is -1.96. The van der Waals surface area contributed by atoms with Crippen molar-refractivity contribution in [3.05, 3.63) is 23.5 Å². The quantitative estimate of drug-likeness (QED) is 0.800. The van der Waals surface area contributed by atoms with Gasteiger partial charge in [0.05, 0.1) is 5.52 Å². The minimum Gasteiger partial charge on any atom is -0.476 e. The third kappa shape index (κ3) is 1.45. The number of carboxylic acid groups (broad SMARTS) is 1. The van der Waals surface area contributed by atoms with Crippen LogP contribution in [-0.2, 0) is 13.5 Å². The van der Waals surface area contributed by atoms with Gasteiger partial charge in [0.2, 0.25) is 0 Å². The molecule has 0 amide bonds. The Morgan fingerprint density at radius 3 is 2.93 bits per heavy atom. The van der Waals surface area contributed by atoms with E-state index in [0.717, 1.165) is 17.5 Å². The maximum Gasteiger partial charge on any atom is 0.358 e. The van der Waals surface area contributed by atoms with Crippen LogP contribution in [0.1, 0.15) is 23.0 Å². The fourth-order valence-electron chi connectivity index (χ4n) is 1.51. The van der Waals surface area contributed by atoms with Crippen LogP contribution in [0.3, 0.4) is 0 Å². The average Bonchev–Trinajstić information content (AvgIpc) is 2.56. The molecular weight excluding hydrogens is 194 g/mol. The molecular formula is C10H11N3O2. The van der Waals surface area contributed by atoms with E-state index in [9.17, 15) is 4.79 Å². The molecule has 0 spiro atoms. The van der Waals surface area contributed by atoms with Crippen LogP contribution in [0.4, 0.5) is 0 Å². The number of nitrogens with zero attached hydrogens (tertiary/aromatic N) is 3. The molecule has 0 aliphatic heterocycles. The monoisotopic (exact) mass is 205 g/mol. The molecule has 0 aliphatic carbocycles. The second-order valence-electron chi connectivity index (χ2n) is 3.34. The molecule has 2 aromatic heterocycles. The van der Waals surface area contributed by atoms with Gasteiger partial charge in [-0.05, 0) is 18.1 Å². The Bertz CT molecular complexity index is 531. The number of hydrogen-bond donors (Lipinski definition) is 1. The van der Waals surface area contributed by atoms with Crippen LogP contribution < -0.4 is 0 Å². The van der Waals surface area contributed by atoms with Crippen molar-refractivity contribution in [2.75, 3.05) is 0 Å². The minimum absolute atomic E-state index is 0.00940. The molecule has 2 aromatic rings. The van der Waals surface area contributed by atoms with Crippen molar-refractivity contribution in [1.29, 1.82) is 0 Å². The van der Waals surface area contributed by atoms with Gasteiger partial charge in [-0.2, -0.15) is 5.10 Å². The van der Waals surface area contributed by atoms with Gasteiger partial charge in [-0.3, -0.25) is 9.67 Å². The first-order valence-corrected chi connectivity index (χ1v) is 4.68. The molecule has 0 fully saturated rings. The number of hydrogen-bond acceptors (Lipinski definition) is 3. The predicted octanol–water partition coefficient (Wildman–Crippen LogP) is 1.23. The summed E-state index contributed by atoms with van der Waals surface area (Å²) in [6, 6.07) is 1.92. The molecule has 0 saturated carbocycles. The van der Waals surface area contributed by atoms with Crippen molar-refractivity contribution >= 4 is 17.0 Å². The molecule has 0 saturated heterocycles. The highest BCUT2D eigenvalue weighted by Crippen LogP contribution is 2.16. The van der Waals surface area contributed by atoms with Crippen LogP contribution in [0, 0.1) is 0 Å². The Labute approximate surface area is 86.4 Å². The van der Waals surface area contributed by atoms with Gasteiger partial charge in [0, 0.05) is 13.2 Å². The lowest BCUT2D eigenvalue weighted by atomic mass is 10.2. The normalized spacial score (nSPS) is 10.8. The second kappa shape index (κ2) is 3.34. The van der Waals surface area contributed by atoms with Crippen molar-refractivity contribution in [2.24, 2.45) is 7.05 Å². The summed E-state index contributed by atoms with van der Waals surface area (Å²) in [5, 5.41) is 12.8. The summed E-state index contributed by atoms with van der Waals surface area (Å²) in [7, 11) is 1.72. The van der Waals surface area contributed by atoms with Gasteiger partial charge >= 0.3 is 5.97 Å². The van der Waals surface area contributed by atoms with Crippen LogP contribution in [0.15, 0.2) is 12.3 Å². The van der Waals surface area contributed by atoms with Gasteiger partial charge in [0.15, 0.2) is 5.69 Å². The van der Waals surface area contributed by atoms with Crippen molar-refractivity contribution in [2.45, 2.75) is 13.3 Å². The zero-order chi connectivity index (χ0) is 11.0. The molecule has 5 heteroatoms. The summed E-state index contributed by atoms with van der Waals surface area (Å²) < 4.78 is 1.55. The summed E-state index contributed by atoms with van der Waals surface area (Å²) in [6.45, 7) is 2.03. The van der Waals surface area contributed by atoms with E-state index in [0.29, 0.717) is 5.52 Å². The standard InChI is InChI=1S/C10H11N3O2/c1-3-6-4-7-8(11-5-6)9(10(14)15)12-13(7)2/h4-5H,3H2,1-2H3,(H,14,15). The maximum absolute atomic E-state index is 10.9. The molecule has 0 aliphatic rings. The maximum atomic E-state index is 10.9. The second-order valence-corrected chi connectivity index (χ2v) is 3.34. The fourth-order valence-corrected chi connectivity index (χ4v) is 1.51. The van der Waals surface area contributed by atoms with Crippen LogP contribution in [0.2, 0.25) is 0 Å². The highest BCUT2D eigenvalue weighted by atomic mass is 16.4. The lowest BCUT2D eigenvalue weighted by Crippen LogP contribution is -1.99. The van der Waals surface area contributed by atoms with Crippen molar-refractivity contribution in [3.8, 4) is 0 Å². The van der Waals surface area contributed by atoms with E-state index in [1.165, 1.54) is 0 Å². The van der Waals surface area contributed by atoms with Gasteiger partial charge in [0.1, 0.15) is 5.52 Å². The number of aryl methyl sites for hydroxylation is 2. The number of rotatable bonds is 2. The largest absolute Gasteiger partial charge is 0.476 e. The molecule has 15 heavy (non-hydrogen) atoms. The van der Waals surface area contributed by atoms with Crippen LogP contribution >= 0.6 is 0 Å². The topological polar surface area (TPSA) is 68.0 Å². The van der Waals surface area contributed by atoms with Gasteiger partial charge in [-0.25, -0.2) is 4.79 Å². The molecule has 0 bridgehead atoms. The van der Waals surface area contributed by atoms with Crippen LogP contribution in [0.25, 0.3) is 11.0 Å². The summed E-state index contributed by atoms with van der Waals surface area (Å²) in [5.74, 6) is -1.04. The zero-order valence-electron chi connectivity index (χ0n) is 8.56. The SMILES string of the molecule is CCc1cnc2c(C(=O)O)nn(C)c2c1. The Morgan fingerprint density at radius 1 is 1.60 bits per heavy atom. The molecule has 78 valence electrons. The summed E-state index contributed by atoms with van der Waals surface area (Å²) in [6.07, 6.45) is 2.56. The highest BCUT2D eigenvalue weighted by molar-refractivity contribution is 5.99.